The molecule has 0 aromatic heterocycles. The number of rotatable bonds is 0. The van der Waals surface area contributed by atoms with Crippen LogP contribution in [0.1, 0.15) is 17.5 Å². The van der Waals surface area contributed by atoms with Gasteiger partial charge in [-0.15, -0.1) is 0 Å². The number of cyclic esters (lactones) is 1. The topological polar surface area (TPSA) is 38.3 Å². The van der Waals surface area contributed by atoms with Crippen LogP contribution < -0.4 is 5.32 Å². The van der Waals surface area contributed by atoms with Gasteiger partial charge in [0.25, 0.3) is 0 Å². The molecule has 3 rings (SSSR count). The molecule has 2 aliphatic rings. The Bertz CT molecular complexity index is 491. The Labute approximate surface area is 100 Å². The highest BCUT2D eigenvalue weighted by Crippen LogP contribution is 2.42. The molecule has 0 saturated carbocycles. The Morgan fingerprint density at radius 3 is 3.00 bits per heavy atom. The van der Waals surface area contributed by atoms with Gasteiger partial charge in [0, 0.05) is 0 Å². The number of benzene rings is 1. The Morgan fingerprint density at radius 2 is 2.31 bits per heavy atom. The van der Waals surface area contributed by atoms with E-state index in [0.717, 1.165) is 5.56 Å². The quantitative estimate of drug-likeness (QED) is 0.795. The maximum absolute atomic E-state index is 13.8. The van der Waals surface area contributed by atoms with Crippen LogP contribution in [-0.2, 0) is 16.7 Å². The molecule has 1 heterocycles. The third-order valence-electron chi connectivity index (χ3n) is 3.30. The van der Waals surface area contributed by atoms with Crippen molar-refractivity contribution in [3.63, 3.8) is 0 Å². The zero-order valence-corrected chi connectivity index (χ0v) is 9.93. The second-order valence-corrected chi connectivity index (χ2v) is 5.03. The van der Waals surface area contributed by atoms with E-state index >= 15 is 0 Å². The predicted molar refractivity (Wildman–Crippen MR) is 58.6 cm³/mol. The number of amides is 1. The normalized spacial score (nSPS) is 26.8. The van der Waals surface area contributed by atoms with Crippen molar-refractivity contribution in [3.05, 3.63) is 33.5 Å². The lowest BCUT2D eigenvalue weighted by Gasteiger charge is -2.21. The maximum atomic E-state index is 13.8. The summed E-state index contributed by atoms with van der Waals surface area (Å²) < 4.78 is 19.2. The van der Waals surface area contributed by atoms with Crippen LogP contribution in [0.4, 0.5) is 9.18 Å². The number of alkyl carbamates (subject to hydrolysis) is 1. The molecule has 1 aliphatic carbocycles. The van der Waals surface area contributed by atoms with E-state index in [4.69, 9.17) is 4.74 Å². The number of ether oxygens (including phenoxy) is 1. The highest BCUT2D eigenvalue weighted by atomic mass is 79.9. The lowest BCUT2D eigenvalue weighted by Crippen LogP contribution is -2.38. The van der Waals surface area contributed by atoms with Crippen molar-refractivity contribution < 1.29 is 13.9 Å². The van der Waals surface area contributed by atoms with Gasteiger partial charge in [-0.2, -0.15) is 0 Å². The van der Waals surface area contributed by atoms with Crippen LogP contribution in [0.2, 0.25) is 0 Å². The van der Waals surface area contributed by atoms with E-state index in [1.807, 2.05) is 6.07 Å². The fraction of sp³-hybridized carbons (Fsp3) is 0.364. The lowest BCUT2D eigenvalue weighted by molar-refractivity contribution is 0.172. The van der Waals surface area contributed by atoms with Gasteiger partial charge in [0.1, 0.15) is 18.0 Å². The smallest absolute Gasteiger partial charge is 0.408 e. The fourth-order valence-electron chi connectivity index (χ4n) is 2.49. The van der Waals surface area contributed by atoms with Gasteiger partial charge in [-0.05, 0) is 46.0 Å². The Hall–Kier alpha value is -1.10. The lowest BCUT2D eigenvalue weighted by atomic mass is 9.93. The van der Waals surface area contributed by atoms with Crippen molar-refractivity contribution in [2.24, 2.45) is 0 Å². The average Bonchev–Trinajstić information content (AvgIpc) is 2.79. The SMILES string of the molecule is O=C1N[C@]2(CCc3c2ccc(Br)c3F)CO1. The summed E-state index contributed by atoms with van der Waals surface area (Å²) in [5.41, 5.74) is 1.02. The second kappa shape index (κ2) is 3.20. The first-order chi connectivity index (χ1) is 7.62. The molecule has 3 nitrogen and oxygen atoms in total. The predicted octanol–water partition coefficient (Wildman–Crippen LogP) is 2.47. The van der Waals surface area contributed by atoms with Crippen LogP contribution in [-0.4, -0.2) is 12.7 Å². The summed E-state index contributed by atoms with van der Waals surface area (Å²) in [6.07, 6.45) is 0.905. The summed E-state index contributed by atoms with van der Waals surface area (Å²) in [7, 11) is 0. The van der Waals surface area contributed by atoms with E-state index < -0.39 is 11.6 Å². The van der Waals surface area contributed by atoms with Crippen LogP contribution in [0.3, 0.4) is 0 Å². The number of hydrogen-bond donors (Lipinski definition) is 1. The molecule has 1 aromatic rings. The van der Waals surface area contributed by atoms with Gasteiger partial charge in [-0.1, -0.05) is 6.07 Å². The van der Waals surface area contributed by atoms with Gasteiger partial charge in [-0.25, -0.2) is 9.18 Å². The largest absolute Gasteiger partial charge is 0.447 e. The molecule has 0 unspecified atom stereocenters. The molecule has 1 N–H and O–H groups in total. The summed E-state index contributed by atoms with van der Waals surface area (Å²) in [5, 5.41) is 2.79. The van der Waals surface area contributed by atoms with Gasteiger partial charge in [0.15, 0.2) is 0 Å². The summed E-state index contributed by atoms with van der Waals surface area (Å²) in [5.74, 6) is -0.226. The molecule has 1 spiro atoms. The molecular weight excluding hydrogens is 277 g/mol. The van der Waals surface area contributed by atoms with Gasteiger partial charge < -0.3 is 10.1 Å². The first-order valence-electron chi connectivity index (χ1n) is 5.05. The fourth-order valence-corrected chi connectivity index (χ4v) is 2.87. The number of carbonyl (C=O) groups is 1. The standard InChI is InChI=1S/C11H9BrFNO2/c12-8-2-1-7-6(9(8)13)3-4-11(7)5-16-10(15)14-11/h1-2H,3-5H2,(H,14,15)/t11-/m1/s1. The minimum absolute atomic E-state index is 0.226. The number of nitrogens with one attached hydrogen (secondary N) is 1. The van der Waals surface area contributed by atoms with Gasteiger partial charge in [0.05, 0.1) is 4.47 Å². The molecule has 0 bridgehead atoms. The molecule has 1 fully saturated rings. The molecule has 1 aliphatic heterocycles. The van der Waals surface area contributed by atoms with Crippen molar-refractivity contribution in [3.8, 4) is 0 Å². The van der Waals surface area contributed by atoms with Crippen molar-refractivity contribution >= 4 is 22.0 Å². The first-order valence-corrected chi connectivity index (χ1v) is 5.84. The molecule has 16 heavy (non-hydrogen) atoms. The summed E-state index contributed by atoms with van der Waals surface area (Å²) >= 11 is 3.16. The Balaban J connectivity index is 2.13. The van der Waals surface area contributed by atoms with Crippen LogP contribution >= 0.6 is 15.9 Å². The van der Waals surface area contributed by atoms with E-state index in [1.165, 1.54) is 0 Å². The third kappa shape index (κ3) is 1.21. The van der Waals surface area contributed by atoms with Crippen molar-refractivity contribution in [1.82, 2.24) is 5.32 Å². The van der Waals surface area contributed by atoms with Crippen molar-refractivity contribution in [2.75, 3.05) is 6.61 Å². The third-order valence-corrected chi connectivity index (χ3v) is 3.92. The highest BCUT2D eigenvalue weighted by Gasteiger charge is 2.46. The van der Waals surface area contributed by atoms with E-state index in [-0.39, 0.29) is 5.82 Å². The minimum Gasteiger partial charge on any atom is -0.447 e. The van der Waals surface area contributed by atoms with Gasteiger partial charge in [0.2, 0.25) is 0 Å². The molecule has 1 amide bonds. The van der Waals surface area contributed by atoms with Gasteiger partial charge >= 0.3 is 6.09 Å². The number of halogens is 2. The monoisotopic (exact) mass is 285 g/mol. The van der Waals surface area contributed by atoms with Crippen LogP contribution in [0.5, 0.6) is 0 Å². The van der Waals surface area contributed by atoms with Crippen LogP contribution in [0, 0.1) is 5.82 Å². The Kier molecular flexibility index (Phi) is 2.01. The molecule has 0 radical (unpaired) electrons. The summed E-state index contributed by atoms with van der Waals surface area (Å²) in [4.78, 5) is 11.1. The average molecular weight is 286 g/mol. The van der Waals surface area contributed by atoms with Crippen LogP contribution in [0.25, 0.3) is 0 Å². The van der Waals surface area contributed by atoms with E-state index in [0.29, 0.717) is 29.5 Å². The summed E-state index contributed by atoms with van der Waals surface area (Å²) in [6.45, 7) is 0.292. The van der Waals surface area contributed by atoms with E-state index in [9.17, 15) is 9.18 Å². The van der Waals surface area contributed by atoms with E-state index in [2.05, 4.69) is 21.2 Å². The number of fused-ring (bicyclic) bond motifs is 2. The number of carbonyl (C=O) groups excluding carboxylic acids is 1. The van der Waals surface area contributed by atoms with Gasteiger partial charge in [-0.3, -0.25) is 0 Å². The molecule has 84 valence electrons. The molecule has 5 heteroatoms. The first kappa shape index (κ1) is 10.1. The molecule has 1 atom stereocenters. The van der Waals surface area contributed by atoms with E-state index in [1.54, 1.807) is 6.07 Å². The maximum Gasteiger partial charge on any atom is 0.408 e. The summed E-state index contributed by atoms with van der Waals surface area (Å²) in [6, 6.07) is 3.52. The Morgan fingerprint density at radius 1 is 1.50 bits per heavy atom. The molecule has 1 aromatic carbocycles. The second-order valence-electron chi connectivity index (χ2n) is 4.17. The molecule has 1 saturated heterocycles. The van der Waals surface area contributed by atoms with Crippen molar-refractivity contribution in [1.29, 1.82) is 0 Å². The highest BCUT2D eigenvalue weighted by molar-refractivity contribution is 9.10. The zero-order chi connectivity index (χ0) is 11.3. The minimum atomic E-state index is -0.506. The van der Waals surface area contributed by atoms with Crippen LogP contribution in [0.15, 0.2) is 16.6 Å². The number of hydrogen-bond acceptors (Lipinski definition) is 2. The zero-order valence-electron chi connectivity index (χ0n) is 8.35. The molecular formula is C11H9BrFNO2. The van der Waals surface area contributed by atoms with Crippen molar-refractivity contribution in [2.45, 2.75) is 18.4 Å².